The van der Waals surface area contributed by atoms with Crippen LogP contribution in [0.5, 0.6) is 0 Å². The predicted molar refractivity (Wildman–Crippen MR) is 67.0 cm³/mol. The summed E-state index contributed by atoms with van der Waals surface area (Å²) in [4.78, 5) is 3.93. The summed E-state index contributed by atoms with van der Waals surface area (Å²) in [5, 5.41) is 16.0. The molecule has 1 atom stereocenters. The molecule has 0 amide bonds. The van der Waals surface area contributed by atoms with Crippen LogP contribution in [0.3, 0.4) is 0 Å². The smallest absolute Gasteiger partial charge is 0.142 e. The quantitative estimate of drug-likeness (QED) is 0.895. The van der Waals surface area contributed by atoms with Gasteiger partial charge in [-0.25, -0.2) is 4.98 Å². The van der Waals surface area contributed by atoms with Crippen LogP contribution in [0.2, 0.25) is 0 Å². The molecule has 2 aromatic rings. The van der Waals surface area contributed by atoms with Crippen LogP contribution in [0.4, 0.5) is 5.69 Å². The van der Waals surface area contributed by atoms with Crippen LogP contribution in [0, 0.1) is 25.2 Å². The normalized spacial score (nSPS) is 11.9. The fourth-order valence-electron chi connectivity index (χ4n) is 2.01. The second-order valence-corrected chi connectivity index (χ2v) is 4.15. The van der Waals surface area contributed by atoms with Crippen molar-refractivity contribution in [3.63, 3.8) is 0 Å². The van der Waals surface area contributed by atoms with Crippen LogP contribution in [-0.4, -0.2) is 10.1 Å². The van der Waals surface area contributed by atoms with E-state index in [1.165, 1.54) is 0 Å². The average molecular weight is 242 g/mol. The van der Waals surface area contributed by atoms with Gasteiger partial charge in [-0.1, -0.05) is 5.16 Å². The summed E-state index contributed by atoms with van der Waals surface area (Å²) < 4.78 is 5.14. The lowest BCUT2D eigenvalue weighted by molar-refractivity contribution is 0.392. The van der Waals surface area contributed by atoms with Gasteiger partial charge < -0.3 is 9.84 Å². The maximum atomic E-state index is 8.80. The third-order valence-corrected chi connectivity index (χ3v) is 2.78. The molecule has 1 unspecified atom stereocenters. The third kappa shape index (κ3) is 2.33. The highest BCUT2D eigenvalue weighted by Gasteiger charge is 2.16. The van der Waals surface area contributed by atoms with Gasteiger partial charge in [0.2, 0.25) is 0 Å². The zero-order valence-corrected chi connectivity index (χ0v) is 10.6. The standard InChI is InChI=1S/C13H14N4O/c1-8(13-9(2)17-18-10(13)3)16-11-4-5-15-12(6-11)7-14/h4-6,8H,1-3H3,(H,15,16). The average Bonchev–Trinajstić information content (AvgIpc) is 2.69. The Morgan fingerprint density at radius 1 is 1.44 bits per heavy atom. The molecule has 0 aliphatic carbocycles. The summed E-state index contributed by atoms with van der Waals surface area (Å²) in [6, 6.07) is 5.62. The monoisotopic (exact) mass is 242 g/mol. The number of nitrogens with zero attached hydrogens (tertiary/aromatic N) is 3. The lowest BCUT2D eigenvalue weighted by atomic mass is 10.1. The van der Waals surface area contributed by atoms with Crippen molar-refractivity contribution >= 4 is 5.69 Å². The van der Waals surface area contributed by atoms with E-state index in [-0.39, 0.29) is 6.04 Å². The molecule has 0 saturated carbocycles. The van der Waals surface area contributed by atoms with Gasteiger partial charge in [0, 0.05) is 17.4 Å². The highest BCUT2D eigenvalue weighted by atomic mass is 16.5. The van der Waals surface area contributed by atoms with Crippen molar-refractivity contribution in [1.82, 2.24) is 10.1 Å². The van der Waals surface area contributed by atoms with E-state index in [1.807, 2.05) is 32.9 Å². The summed E-state index contributed by atoms with van der Waals surface area (Å²) >= 11 is 0. The maximum Gasteiger partial charge on any atom is 0.142 e. The SMILES string of the molecule is Cc1noc(C)c1C(C)Nc1ccnc(C#N)c1. The van der Waals surface area contributed by atoms with Crippen molar-refractivity contribution < 1.29 is 4.52 Å². The maximum absolute atomic E-state index is 8.80. The molecule has 92 valence electrons. The van der Waals surface area contributed by atoms with Gasteiger partial charge in [-0.15, -0.1) is 0 Å². The van der Waals surface area contributed by atoms with E-state index < -0.39 is 0 Å². The summed E-state index contributed by atoms with van der Waals surface area (Å²) in [5.41, 5.74) is 3.17. The highest BCUT2D eigenvalue weighted by molar-refractivity contribution is 5.48. The largest absolute Gasteiger partial charge is 0.378 e. The Hall–Kier alpha value is -2.35. The molecule has 0 aliphatic heterocycles. The van der Waals surface area contributed by atoms with Crippen LogP contribution in [0.25, 0.3) is 0 Å². The second kappa shape index (κ2) is 4.88. The van der Waals surface area contributed by atoms with Crippen LogP contribution in [0.15, 0.2) is 22.9 Å². The number of pyridine rings is 1. The van der Waals surface area contributed by atoms with Crippen molar-refractivity contribution in [1.29, 1.82) is 5.26 Å². The Morgan fingerprint density at radius 2 is 2.22 bits per heavy atom. The highest BCUT2D eigenvalue weighted by Crippen LogP contribution is 2.24. The van der Waals surface area contributed by atoms with Crippen molar-refractivity contribution in [3.8, 4) is 6.07 Å². The van der Waals surface area contributed by atoms with Crippen molar-refractivity contribution in [3.05, 3.63) is 41.0 Å². The zero-order valence-electron chi connectivity index (χ0n) is 10.6. The van der Waals surface area contributed by atoms with Gasteiger partial charge >= 0.3 is 0 Å². The molecule has 0 fully saturated rings. The molecule has 5 nitrogen and oxygen atoms in total. The Balaban J connectivity index is 2.21. The number of hydrogen-bond donors (Lipinski definition) is 1. The molecule has 5 heteroatoms. The Morgan fingerprint density at radius 3 is 2.83 bits per heavy atom. The first kappa shape index (κ1) is 12.1. The van der Waals surface area contributed by atoms with Crippen molar-refractivity contribution in [2.75, 3.05) is 5.32 Å². The minimum absolute atomic E-state index is 0.0604. The van der Waals surface area contributed by atoms with E-state index in [4.69, 9.17) is 9.78 Å². The van der Waals surface area contributed by atoms with Crippen molar-refractivity contribution in [2.45, 2.75) is 26.8 Å². The predicted octanol–water partition coefficient (Wildman–Crippen LogP) is 2.73. The van der Waals surface area contributed by atoms with Gasteiger partial charge in [-0.2, -0.15) is 5.26 Å². The molecular formula is C13H14N4O. The number of aromatic nitrogens is 2. The van der Waals surface area contributed by atoms with E-state index in [1.54, 1.807) is 12.3 Å². The Kier molecular flexibility index (Phi) is 3.28. The molecular weight excluding hydrogens is 228 g/mol. The fourth-order valence-corrected chi connectivity index (χ4v) is 2.01. The molecule has 0 spiro atoms. The lowest BCUT2D eigenvalue weighted by Gasteiger charge is -2.14. The van der Waals surface area contributed by atoms with Gasteiger partial charge in [0.05, 0.1) is 11.7 Å². The summed E-state index contributed by atoms with van der Waals surface area (Å²) in [6.45, 7) is 5.83. The first-order valence-corrected chi connectivity index (χ1v) is 5.67. The molecule has 2 heterocycles. The number of nitriles is 1. The zero-order chi connectivity index (χ0) is 13.1. The molecule has 0 aromatic carbocycles. The summed E-state index contributed by atoms with van der Waals surface area (Å²) in [6.07, 6.45) is 1.61. The second-order valence-electron chi connectivity index (χ2n) is 4.15. The molecule has 1 N–H and O–H groups in total. The number of aryl methyl sites for hydroxylation is 2. The molecule has 0 aliphatic rings. The van der Waals surface area contributed by atoms with E-state index >= 15 is 0 Å². The molecule has 0 bridgehead atoms. The van der Waals surface area contributed by atoms with E-state index in [0.717, 1.165) is 22.7 Å². The topological polar surface area (TPSA) is 74.7 Å². The third-order valence-electron chi connectivity index (χ3n) is 2.78. The molecule has 2 aromatic heterocycles. The molecule has 0 saturated heterocycles. The number of hydrogen-bond acceptors (Lipinski definition) is 5. The van der Waals surface area contributed by atoms with E-state index in [9.17, 15) is 0 Å². The molecule has 0 radical (unpaired) electrons. The molecule has 2 rings (SSSR count). The molecule has 18 heavy (non-hydrogen) atoms. The number of rotatable bonds is 3. The van der Waals surface area contributed by atoms with Gasteiger partial charge in [0.15, 0.2) is 0 Å². The van der Waals surface area contributed by atoms with Crippen LogP contribution >= 0.6 is 0 Å². The Labute approximate surface area is 105 Å². The van der Waals surface area contributed by atoms with Crippen molar-refractivity contribution in [2.24, 2.45) is 0 Å². The first-order valence-electron chi connectivity index (χ1n) is 5.67. The van der Waals surface area contributed by atoms with Gasteiger partial charge in [0.25, 0.3) is 0 Å². The van der Waals surface area contributed by atoms with Crippen LogP contribution < -0.4 is 5.32 Å². The summed E-state index contributed by atoms with van der Waals surface area (Å²) in [7, 11) is 0. The lowest BCUT2D eigenvalue weighted by Crippen LogP contribution is -2.08. The van der Waals surface area contributed by atoms with E-state index in [0.29, 0.717) is 5.69 Å². The first-order chi connectivity index (χ1) is 8.61. The minimum atomic E-state index is 0.0604. The number of anilines is 1. The van der Waals surface area contributed by atoms with Crippen LogP contribution in [-0.2, 0) is 0 Å². The van der Waals surface area contributed by atoms with Gasteiger partial charge in [-0.05, 0) is 32.9 Å². The summed E-state index contributed by atoms with van der Waals surface area (Å²) in [5.74, 6) is 0.807. The van der Waals surface area contributed by atoms with Gasteiger partial charge in [0.1, 0.15) is 17.5 Å². The van der Waals surface area contributed by atoms with E-state index in [2.05, 4.69) is 15.5 Å². The minimum Gasteiger partial charge on any atom is -0.378 e. The Bertz CT molecular complexity index is 578. The fraction of sp³-hybridized carbons (Fsp3) is 0.308. The van der Waals surface area contributed by atoms with Gasteiger partial charge in [-0.3, -0.25) is 0 Å². The number of nitrogens with one attached hydrogen (secondary N) is 1. The van der Waals surface area contributed by atoms with Crippen LogP contribution in [0.1, 0.15) is 35.7 Å².